The fraction of sp³-hybridized carbons (Fsp3) is 0.207. The fourth-order valence-corrected chi connectivity index (χ4v) is 4.59. The number of rotatable bonds is 6. The number of aromatic nitrogens is 2. The van der Waals surface area contributed by atoms with Gasteiger partial charge in [-0.25, -0.2) is 9.37 Å². The summed E-state index contributed by atoms with van der Waals surface area (Å²) in [4.78, 5) is 33.7. The van der Waals surface area contributed by atoms with Crippen LogP contribution in [0.1, 0.15) is 22.4 Å². The highest BCUT2D eigenvalue weighted by Crippen LogP contribution is 2.23. The number of nitrogens with one attached hydrogen (secondary N) is 1. The standard InChI is InChI=1S/C29H27FN4O2/c1-20-6-5-9-24(16-20)31-27(35)19-34-28(22-10-12-23(30)13-11-22)32-26-18-33(15-14-25(26)29(34)36)17-21-7-3-2-4-8-21/h2-13,16H,14-15,17-19H2,1H3,(H,31,35). The van der Waals surface area contributed by atoms with E-state index in [-0.39, 0.29) is 23.8 Å². The molecule has 7 heteroatoms. The van der Waals surface area contributed by atoms with E-state index in [9.17, 15) is 14.0 Å². The molecule has 0 spiro atoms. The molecular formula is C29H27FN4O2. The smallest absolute Gasteiger partial charge is 0.257 e. The molecule has 0 fully saturated rings. The van der Waals surface area contributed by atoms with Crippen molar-refractivity contribution in [2.75, 3.05) is 11.9 Å². The Hall–Kier alpha value is -4.10. The zero-order valence-corrected chi connectivity index (χ0v) is 20.1. The number of carbonyl (C=O) groups is 1. The van der Waals surface area contributed by atoms with Crippen LogP contribution in [0.15, 0.2) is 83.7 Å². The minimum Gasteiger partial charge on any atom is -0.325 e. The number of anilines is 1. The molecule has 0 radical (unpaired) electrons. The van der Waals surface area contributed by atoms with Crippen molar-refractivity contribution in [3.8, 4) is 11.4 Å². The number of hydrogen-bond donors (Lipinski definition) is 1. The second kappa shape index (κ2) is 10.3. The fourth-order valence-electron chi connectivity index (χ4n) is 4.59. The van der Waals surface area contributed by atoms with Crippen LogP contribution in [-0.2, 0) is 30.8 Å². The van der Waals surface area contributed by atoms with Crippen molar-refractivity contribution in [1.82, 2.24) is 14.5 Å². The lowest BCUT2D eigenvalue weighted by Gasteiger charge is -2.29. The first-order chi connectivity index (χ1) is 17.5. The molecular weight excluding hydrogens is 455 g/mol. The van der Waals surface area contributed by atoms with Crippen LogP contribution in [0.4, 0.5) is 10.1 Å². The number of nitrogens with zero attached hydrogens (tertiary/aromatic N) is 3. The van der Waals surface area contributed by atoms with Crippen LogP contribution in [0.25, 0.3) is 11.4 Å². The molecule has 0 aliphatic carbocycles. The zero-order chi connectivity index (χ0) is 25.1. The lowest BCUT2D eigenvalue weighted by molar-refractivity contribution is -0.116. The second-order valence-electron chi connectivity index (χ2n) is 9.12. The van der Waals surface area contributed by atoms with Gasteiger partial charge in [-0.3, -0.25) is 19.1 Å². The summed E-state index contributed by atoms with van der Waals surface area (Å²) in [5.41, 5.74) is 4.58. The molecule has 0 atom stereocenters. The molecule has 6 nitrogen and oxygen atoms in total. The summed E-state index contributed by atoms with van der Waals surface area (Å²) >= 11 is 0. The first kappa shape index (κ1) is 23.6. The molecule has 2 heterocycles. The Morgan fingerprint density at radius 1 is 1.03 bits per heavy atom. The largest absolute Gasteiger partial charge is 0.325 e. The van der Waals surface area contributed by atoms with Crippen molar-refractivity contribution in [3.63, 3.8) is 0 Å². The Labute approximate surface area is 209 Å². The number of fused-ring (bicyclic) bond motifs is 1. The molecule has 4 aromatic rings. The molecule has 0 saturated carbocycles. The lowest BCUT2D eigenvalue weighted by atomic mass is 10.0. The molecule has 0 unspecified atom stereocenters. The Kier molecular flexibility index (Phi) is 6.73. The van der Waals surface area contributed by atoms with Crippen LogP contribution in [0.5, 0.6) is 0 Å². The van der Waals surface area contributed by atoms with Crippen molar-refractivity contribution < 1.29 is 9.18 Å². The third-order valence-electron chi connectivity index (χ3n) is 6.35. The maximum absolute atomic E-state index is 13.6. The first-order valence-corrected chi connectivity index (χ1v) is 12.0. The monoisotopic (exact) mass is 482 g/mol. The third-order valence-corrected chi connectivity index (χ3v) is 6.35. The summed E-state index contributed by atoms with van der Waals surface area (Å²) < 4.78 is 15.0. The summed E-state index contributed by atoms with van der Waals surface area (Å²) in [6, 6.07) is 23.5. The van der Waals surface area contributed by atoms with Gasteiger partial charge < -0.3 is 5.32 Å². The average molecular weight is 483 g/mol. The topological polar surface area (TPSA) is 67.2 Å². The predicted octanol–water partition coefficient (Wildman–Crippen LogP) is 4.55. The molecule has 3 aromatic carbocycles. The summed E-state index contributed by atoms with van der Waals surface area (Å²) in [5.74, 6) is -0.342. The van der Waals surface area contributed by atoms with Gasteiger partial charge in [-0.1, -0.05) is 42.5 Å². The van der Waals surface area contributed by atoms with E-state index in [1.807, 2.05) is 43.3 Å². The van der Waals surface area contributed by atoms with E-state index in [2.05, 4.69) is 22.3 Å². The maximum atomic E-state index is 13.6. The van der Waals surface area contributed by atoms with Gasteiger partial charge in [0, 0.05) is 36.4 Å². The van der Waals surface area contributed by atoms with Crippen molar-refractivity contribution in [3.05, 3.63) is 117 Å². The zero-order valence-electron chi connectivity index (χ0n) is 20.1. The van der Waals surface area contributed by atoms with Crippen molar-refractivity contribution >= 4 is 11.6 Å². The van der Waals surface area contributed by atoms with Crippen LogP contribution in [0.3, 0.4) is 0 Å². The molecule has 1 amide bonds. The molecule has 0 saturated heterocycles. The van der Waals surface area contributed by atoms with Crippen LogP contribution < -0.4 is 10.9 Å². The van der Waals surface area contributed by atoms with E-state index >= 15 is 0 Å². The second-order valence-corrected chi connectivity index (χ2v) is 9.12. The Balaban J connectivity index is 1.48. The summed E-state index contributed by atoms with van der Waals surface area (Å²) in [6.45, 7) is 3.78. The van der Waals surface area contributed by atoms with Crippen LogP contribution >= 0.6 is 0 Å². The van der Waals surface area contributed by atoms with Gasteiger partial charge in [0.1, 0.15) is 18.2 Å². The SMILES string of the molecule is Cc1cccc(NC(=O)Cn2c(-c3ccc(F)cc3)nc3c(c2=O)CCN(Cc2ccccc2)C3)c1. The molecule has 182 valence electrons. The van der Waals surface area contributed by atoms with E-state index in [4.69, 9.17) is 4.98 Å². The predicted molar refractivity (Wildman–Crippen MR) is 138 cm³/mol. The summed E-state index contributed by atoms with van der Waals surface area (Å²) in [5, 5.41) is 2.87. The van der Waals surface area contributed by atoms with E-state index in [1.54, 1.807) is 18.2 Å². The number of hydrogen-bond acceptors (Lipinski definition) is 4. The minimum atomic E-state index is -0.378. The number of aryl methyl sites for hydroxylation is 1. The molecule has 36 heavy (non-hydrogen) atoms. The van der Waals surface area contributed by atoms with Crippen molar-refractivity contribution in [2.24, 2.45) is 0 Å². The van der Waals surface area contributed by atoms with Crippen molar-refractivity contribution in [2.45, 2.75) is 33.0 Å². The lowest BCUT2D eigenvalue weighted by Crippen LogP contribution is -2.39. The van der Waals surface area contributed by atoms with Gasteiger partial charge in [-0.05, 0) is 60.9 Å². The highest BCUT2D eigenvalue weighted by atomic mass is 19.1. The number of carbonyl (C=O) groups excluding carboxylic acids is 1. The summed E-state index contributed by atoms with van der Waals surface area (Å²) in [6.07, 6.45) is 0.553. The molecule has 1 N–H and O–H groups in total. The molecule has 1 aliphatic heterocycles. The van der Waals surface area contributed by atoms with Crippen LogP contribution in [-0.4, -0.2) is 26.9 Å². The van der Waals surface area contributed by atoms with E-state index in [0.717, 1.165) is 18.7 Å². The van der Waals surface area contributed by atoms with Crippen LogP contribution in [0.2, 0.25) is 0 Å². The highest BCUT2D eigenvalue weighted by molar-refractivity contribution is 5.90. The Bertz CT molecular complexity index is 1450. The summed E-state index contributed by atoms with van der Waals surface area (Å²) in [7, 11) is 0. The molecule has 1 aliphatic rings. The molecule has 0 bridgehead atoms. The van der Waals surface area contributed by atoms with Gasteiger partial charge in [-0.2, -0.15) is 0 Å². The third kappa shape index (κ3) is 5.26. The number of halogens is 1. The van der Waals surface area contributed by atoms with Gasteiger partial charge in [0.25, 0.3) is 5.56 Å². The van der Waals surface area contributed by atoms with Crippen molar-refractivity contribution in [1.29, 1.82) is 0 Å². The highest BCUT2D eigenvalue weighted by Gasteiger charge is 2.25. The van der Waals surface area contributed by atoms with Gasteiger partial charge in [0.05, 0.1) is 5.69 Å². The normalized spacial score (nSPS) is 13.3. The van der Waals surface area contributed by atoms with E-state index in [1.165, 1.54) is 22.3 Å². The minimum absolute atomic E-state index is 0.187. The van der Waals surface area contributed by atoms with Gasteiger partial charge in [0.15, 0.2) is 0 Å². The van der Waals surface area contributed by atoms with Gasteiger partial charge in [-0.15, -0.1) is 0 Å². The molecule has 1 aromatic heterocycles. The average Bonchev–Trinajstić information content (AvgIpc) is 2.87. The Morgan fingerprint density at radius 3 is 2.56 bits per heavy atom. The quantitative estimate of drug-likeness (QED) is 0.438. The number of benzene rings is 3. The van der Waals surface area contributed by atoms with Crippen LogP contribution in [0, 0.1) is 12.7 Å². The van der Waals surface area contributed by atoms with E-state index < -0.39 is 0 Å². The molecule has 5 rings (SSSR count). The first-order valence-electron chi connectivity index (χ1n) is 12.0. The Morgan fingerprint density at radius 2 is 1.81 bits per heavy atom. The van der Waals surface area contributed by atoms with Gasteiger partial charge in [0.2, 0.25) is 5.91 Å². The number of amides is 1. The van der Waals surface area contributed by atoms with Gasteiger partial charge >= 0.3 is 0 Å². The maximum Gasteiger partial charge on any atom is 0.257 e. The van der Waals surface area contributed by atoms with E-state index in [0.29, 0.717) is 41.3 Å².